The molecule has 0 radical (unpaired) electrons. The lowest BCUT2D eigenvalue weighted by Crippen LogP contribution is -2.46. The number of aliphatic hydroxyl groups excluding tert-OH is 1. The second kappa shape index (κ2) is 7.92. The zero-order chi connectivity index (χ0) is 16.0. The topological polar surface area (TPSA) is 26.7 Å². The molecule has 1 N–H and O–H groups in total. The molecule has 120 valence electrons. The van der Waals surface area contributed by atoms with Crippen LogP contribution in [0.15, 0.2) is 30.3 Å². The van der Waals surface area contributed by atoms with E-state index in [0.717, 1.165) is 25.2 Å². The van der Waals surface area contributed by atoms with E-state index in [1.54, 1.807) is 0 Å². The summed E-state index contributed by atoms with van der Waals surface area (Å²) in [6.07, 6.45) is -0.445. The highest BCUT2D eigenvalue weighted by Gasteiger charge is 2.32. The fraction of sp³-hybridized carbons (Fsp3) is 0.667. The molecule has 0 aliphatic heterocycles. The number of benzene rings is 1. The average Bonchev–Trinajstić information content (AvgIpc) is 2.44. The van der Waals surface area contributed by atoms with E-state index in [0.29, 0.717) is 6.04 Å². The van der Waals surface area contributed by atoms with E-state index >= 15 is 0 Å². The van der Waals surface area contributed by atoms with Crippen LogP contribution in [0.2, 0.25) is 0 Å². The van der Waals surface area contributed by atoms with Gasteiger partial charge < -0.3 is 10.0 Å². The van der Waals surface area contributed by atoms with Gasteiger partial charge in [-0.1, -0.05) is 51.1 Å². The minimum Gasteiger partial charge on any atom is -0.388 e. The van der Waals surface area contributed by atoms with Crippen molar-refractivity contribution >= 4 is 0 Å². The zero-order valence-corrected chi connectivity index (χ0v) is 14.5. The fourth-order valence-electron chi connectivity index (χ4n) is 2.92. The van der Waals surface area contributed by atoms with Crippen molar-refractivity contribution < 1.29 is 5.11 Å². The van der Waals surface area contributed by atoms with Crippen LogP contribution in [0.3, 0.4) is 0 Å². The van der Waals surface area contributed by atoms with Gasteiger partial charge in [0.2, 0.25) is 0 Å². The van der Waals surface area contributed by atoms with Gasteiger partial charge in [-0.3, -0.25) is 4.90 Å². The summed E-state index contributed by atoms with van der Waals surface area (Å²) in [5, 5.41) is 10.7. The Kier molecular flexibility index (Phi) is 6.85. The minimum atomic E-state index is -0.445. The second-order valence-corrected chi connectivity index (χ2v) is 6.98. The van der Waals surface area contributed by atoms with Gasteiger partial charge in [0.05, 0.1) is 6.10 Å². The number of aliphatic hydroxyl groups is 1. The fourth-order valence-corrected chi connectivity index (χ4v) is 2.92. The molecule has 0 heterocycles. The van der Waals surface area contributed by atoms with Gasteiger partial charge in [-0.2, -0.15) is 0 Å². The van der Waals surface area contributed by atoms with Crippen molar-refractivity contribution in [2.75, 3.05) is 33.7 Å². The highest BCUT2D eigenvalue weighted by atomic mass is 16.3. The van der Waals surface area contributed by atoms with E-state index in [9.17, 15) is 5.11 Å². The van der Waals surface area contributed by atoms with E-state index in [1.807, 2.05) is 30.3 Å². The third kappa shape index (κ3) is 5.42. The summed E-state index contributed by atoms with van der Waals surface area (Å²) in [7, 11) is 4.21. The smallest absolute Gasteiger partial charge is 0.0853 e. The molecule has 0 bridgehead atoms. The molecule has 3 heteroatoms. The van der Waals surface area contributed by atoms with Gasteiger partial charge >= 0.3 is 0 Å². The molecular weight excluding hydrogens is 260 g/mol. The molecule has 1 rings (SSSR count). The van der Waals surface area contributed by atoms with Crippen LogP contribution in [0.25, 0.3) is 0 Å². The second-order valence-electron chi connectivity index (χ2n) is 6.98. The Morgan fingerprint density at radius 2 is 1.71 bits per heavy atom. The van der Waals surface area contributed by atoms with Gasteiger partial charge in [-0.05, 0) is 33.1 Å². The van der Waals surface area contributed by atoms with Crippen molar-refractivity contribution in [3.05, 3.63) is 35.9 Å². The molecule has 3 nitrogen and oxygen atoms in total. The van der Waals surface area contributed by atoms with E-state index in [-0.39, 0.29) is 5.41 Å². The summed E-state index contributed by atoms with van der Waals surface area (Å²) >= 11 is 0. The molecule has 1 aromatic rings. The predicted octanol–water partition coefficient (Wildman–Crippen LogP) is 3.02. The highest BCUT2D eigenvalue weighted by molar-refractivity contribution is 5.19. The van der Waals surface area contributed by atoms with Crippen LogP contribution in [-0.2, 0) is 0 Å². The van der Waals surface area contributed by atoms with Crippen LogP contribution in [-0.4, -0.2) is 54.7 Å². The standard InChI is InChI=1S/C18H32N2O/c1-7-20(15(2)13-19(5)6)14-18(3,4)17(21)16-11-9-8-10-12-16/h8-12,15,17,21H,7,13-14H2,1-6H3. The van der Waals surface area contributed by atoms with Gasteiger partial charge in [0.25, 0.3) is 0 Å². The molecule has 1 aromatic carbocycles. The molecule has 21 heavy (non-hydrogen) atoms. The van der Waals surface area contributed by atoms with Crippen LogP contribution in [0.1, 0.15) is 39.4 Å². The largest absolute Gasteiger partial charge is 0.388 e. The quantitative estimate of drug-likeness (QED) is 0.798. The van der Waals surface area contributed by atoms with Crippen molar-refractivity contribution in [1.29, 1.82) is 0 Å². The molecule has 0 fully saturated rings. The third-order valence-electron chi connectivity index (χ3n) is 4.13. The first-order chi connectivity index (χ1) is 9.77. The van der Waals surface area contributed by atoms with Crippen LogP contribution in [0, 0.1) is 5.41 Å². The molecule has 0 aliphatic rings. The summed E-state index contributed by atoms with van der Waals surface area (Å²) in [6.45, 7) is 11.7. The Morgan fingerprint density at radius 1 is 1.14 bits per heavy atom. The Bertz CT molecular complexity index is 403. The maximum absolute atomic E-state index is 10.7. The SMILES string of the molecule is CCN(CC(C)(C)C(O)c1ccccc1)C(C)CN(C)C. The molecule has 0 spiro atoms. The summed E-state index contributed by atoms with van der Waals surface area (Å²) < 4.78 is 0. The molecule has 2 unspecified atom stereocenters. The van der Waals surface area contributed by atoms with E-state index in [2.05, 4.69) is 51.6 Å². The van der Waals surface area contributed by atoms with Gasteiger partial charge in [0.1, 0.15) is 0 Å². The maximum atomic E-state index is 10.7. The number of hydrogen-bond donors (Lipinski definition) is 1. The van der Waals surface area contributed by atoms with Gasteiger partial charge in [-0.15, -0.1) is 0 Å². The van der Waals surface area contributed by atoms with E-state index < -0.39 is 6.10 Å². The van der Waals surface area contributed by atoms with Crippen LogP contribution < -0.4 is 0 Å². The number of nitrogens with zero attached hydrogens (tertiary/aromatic N) is 2. The first-order valence-corrected chi connectivity index (χ1v) is 7.89. The lowest BCUT2D eigenvalue weighted by molar-refractivity contribution is 0.00974. The molecule has 0 aliphatic carbocycles. The molecule has 0 saturated carbocycles. The Labute approximate surface area is 130 Å². The van der Waals surface area contributed by atoms with Gasteiger partial charge in [-0.25, -0.2) is 0 Å². The normalized spacial score (nSPS) is 15.5. The summed E-state index contributed by atoms with van der Waals surface area (Å²) in [4.78, 5) is 4.67. The Morgan fingerprint density at radius 3 is 2.19 bits per heavy atom. The van der Waals surface area contributed by atoms with E-state index in [1.165, 1.54) is 0 Å². The molecular formula is C18H32N2O. The number of hydrogen-bond acceptors (Lipinski definition) is 3. The molecule has 0 aromatic heterocycles. The van der Waals surface area contributed by atoms with Crippen molar-refractivity contribution in [3.63, 3.8) is 0 Å². The van der Waals surface area contributed by atoms with Crippen molar-refractivity contribution in [2.45, 2.75) is 39.8 Å². The monoisotopic (exact) mass is 292 g/mol. The van der Waals surface area contributed by atoms with Gasteiger partial charge in [0, 0.05) is 24.5 Å². The van der Waals surface area contributed by atoms with Crippen molar-refractivity contribution in [2.24, 2.45) is 5.41 Å². The third-order valence-corrected chi connectivity index (χ3v) is 4.13. The maximum Gasteiger partial charge on any atom is 0.0853 e. The van der Waals surface area contributed by atoms with Crippen molar-refractivity contribution in [3.8, 4) is 0 Å². The average molecular weight is 292 g/mol. The van der Waals surface area contributed by atoms with Crippen LogP contribution in [0.4, 0.5) is 0 Å². The lowest BCUT2D eigenvalue weighted by Gasteiger charge is -2.39. The first-order valence-electron chi connectivity index (χ1n) is 7.89. The van der Waals surface area contributed by atoms with Crippen molar-refractivity contribution in [1.82, 2.24) is 9.80 Å². The lowest BCUT2D eigenvalue weighted by atomic mass is 9.82. The number of rotatable bonds is 8. The summed E-state index contributed by atoms with van der Waals surface area (Å²) in [5.41, 5.74) is 0.816. The van der Waals surface area contributed by atoms with Crippen LogP contribution in [0.5, 0.6) is 0 Å². The van der Waals surface area contributed by atoms with E-state index in [4.69, 9.17) is 0 Å². The first kappa shape index (κ1) is 18.1. The minimum absolute atomic E-state index is 0.183. The molecule has 0 amide bonds. The Hall–Kier alpha value is -0.900. The summed E-state index contributed by atoms with van der Waals surface area (Å²) in [6, 6.07) is 10.5. The summed E-state index contributed by atoms with van der Waals surface area (Å²) in [5.74, 6) is 0. The Balaban J connectivity index is 2.77. The van der Waals surface area contributed by atoms with Gasteiger partial charge in [0.15, 0.2) is 0 Å². The number of likely N-dealkylation sites (N-methyl/N-ethyl adjacent to an activating group) is 2. The predicted molar refractivity (Wildman–Crippen MR) is 90.4 cm³/mol. The van der Waals surface area contributed by atoms with Crippen LogP contribution >= 0.6 is 0 Å². The highest BCUT2D eigenvalue weighted by Crippen LogP contribution is 2.34. The molecule has 2 atom stereocenters. The zero-order valence-electron chi connectivity index (χ0n) is 14.5. The molecule has 0 saturated heterocycles.